The molecule has 0 aliphatic rings. The van der Waals surface area contributed by atoms with Crippen LogP contribution < -0.4 is 10.5 Å². The molecule has 2 aromatic rings. The molecule has 7 heteroatoms. The molecule has 3 N–H and O–H groups in total. The van der Waals surface area contributed by atoms with Gasteiger partial charge in [-0.2, -0.15) is 5.26 Å². The first-order valence-corrected chi connectivity index (χ1v) is 7.33. The van der Waals surface area contributed by atoms with Crippen molar-refractivity contribution >= 4 is 15.7 Å². The molecule has 0 bridgehead atoms. The number of nitriles is 1. The van der Waals surface area contributed by atoms with Gasteiger partial charge in [-0.1, -0.05) is 0 Å². The Balaban J connectivity index is 2.12. The monoisotopic (exact) mass is 291 g/mol. The predicted octanol–water partition coefficient (Wildman–Crippen LogP) is 1.25. The molecular formula is C13H13N3O3S. The number of sulfonamides is 1. The molecule has 2 rings (SSSR count). The van der Waals surface area contributed by atoms with Crippen LogP contribution in [0.15, 0.2) is 45.9 Å². The van der Waals surface area contributed by atoms with Gasteiger partial charge in [0.15, 0.2) is 0 Å². The van der Waals surface area contributed by atoms with Crippen LogP contribution in [0.2, 0.25) is 0 Å². The molecule has 0 atom stereocenters. The zero-order chi connectivity index (χ0) is 14.6. The van der Waals surface area contributed by atoms with Gasteiger partial charge in [0, 0.05) is 18.7 Å². The van der Waals surface area contributed by atoms with Crippen molar-refractivity contribution in [1.82, 2.24) is 4.72 Å². The van der Waals surface area contributed by atoms with Gasteiger partial charge in [0.05, 0.1) is 16.7 Å². The van der Waals surface area contributed by atoms with E-state index in [1.54, 1.807) is 12.1 Å². The molecule has 6 nitrogen and oxygen atoms in total. The van der Waals surface area contributed by atoms with Crippen molar-refractivity contribution in [2.24, 2.45) is 0 Å². The van der Waals surface area contributed by atoms with Crippen molar-refractivity contribution in [3.8, 4) is 6.07 Å². The number of rotatable bonds is 5. The molecular weight excluding hydrogens is 278 g/mol. The quantitative estimate of drug-likeness (QED) is 0.806. The minimum Gasteiger partial charge on any atom is -0.469 e. The van der Waals surface area contributed by atoms with Gasteiger partial charge in [0.1, 0.15) is 11.8 Å². The SMILES string of the molecule is N#Cc1cc(N)ccc1S(=O)(=O)NCCc1ccco1. The van der Waals surface area contributed by atoms with Gasteiger partial charge in [0.2, 0.25) is 10.0 Å². The highest BCUT2D eigenvalue weighted by Gasteiger charge is 2.18. The molecule has 0 fully saturated rings. The maximum Gasteiger partial charge on any atom is 0.241 e. The fraction of sp³-hybridized carbons (Fsp3) is 0.154. The van der Waals surface area contributed by atoms with Crippen LogP contribution in [-0.2, 0) is 16.4 Å². The minimum atomic E-state index is -3.74. The first-order chi connectivity index (χ1) is 9.53. The van der Waals surface area contributed by atoms with Gasteiger partial charge in [-0.3, -0.25) is 0 Å². The van der Waals surface area contributed by atoms with E-state index >= 15 is 0 Å². The molecule has 0 aliphatic carbocycles. The van der Waals surface area contributed by atoms with E-state index < -0.39 is 10.0 Å². The van der Waals surface area contributed by atoms with Crippen molar-refractivity contribution in [2.75, 3.05) is 12.3 Å². The number of nitrogens with zero attached hydrogens (tertiary/aromatic N) is 1. The average Bonchev–Trinajstić information content (AvgIpc) is 2.91. The van der Waals surface area contributed by atoms with Gasteiger partial charge in [-0.15, -0.1) is 0 Å². The summed E-state index contributed by atoms with van der Waals surface area (Å²) in [6.07, 6.45) is 1.96. The number of hydrogen-bond donors (Lipinski definition) is 2. The smallest absolute Gasteiger partial charge is 0.241 e. The lowest BCUT2D eigenvalue weighted by molar-refractivity contribution is 0.506. The molecule has 0 aliphatic heterocycles. The molecule has 1 heterocycles. The summed E-state index contributed by atoms with van der Waals surface area (Å²) < 4.78 is 31.8. The number of benzene rings is 1. The summed E-state index contributed by atoms with van der Waals surface area (Å²) >= 11 is 0. The van der Waals surface area contributed by atoms with Crippen LogP contribution in [0.1, 0.15) is 11.3 Å². The minimum absolute atomic E-state index is 0.0236. The number of hydrogen-bond acceptors (Lipinski definition) is 5. The number of nitrogen functional groups attached to an aromatic ring is 1. The van der Waals surface area contributed by atoms with Crippen molar-refractivity contribution in [2.45, 2.75) is 11.3 Å². The molecule has 0 spiro atoms. The van der Waals surface area contributed by atoms with Gasteiger partial charge < -0.3 is 10.2 Å². The largest absolute Gasteiger partial charge is 0.469 e. The summed E-state index contributed by atoms with van der Waals surface area (Å²) in [4.78, 5) is -0.0753. The van der Waals surface area contributed by atoms with Crippen molar-refractivity contribution in [1.29, 1.82) is 5.26 Å². The summed E-state index contributed by atoms with van der Waals surface area (Å²) in [5, 5.41) is 8.97. The van der Waals surface area contributed by atoms with E-state index in [1.165, 1.54) is 24.5 Å². The third kappa shape index (κ3) is 3.17. The van der Waals surface area contributed by atoms with E-state index in [1.807, 2.05) is 6.07 Å². The lowest BCUT2D eigenvalue weighted by Crippen LogP contribution is -2.26. The van der Waals surface area contributed by atoms with E-state index in [0.29, 0.717) is 17.9 Å². The Kier molecular flexibility index (Phi) is 4.08. The number of nitrogens with one attached hydrogen (secondary N) is 1. The maximum absolute atomic E-state index is 12.1. The molecule has 0 radical (unpaired) electrons. The zero-order valence-corrected chi connectivity index (χ0v) is 11.4. The summed E-state index contributed by atoms with van der Waals surface area (Å²) in [5.74, 6) is 0.686. The van der Waals surface area contributed by atoms with E-state index in [0.717, 1.165) is 0 Å². The Labute approximate surface area is 116 Å². The Morgan fingerprint density at radius 3 is 2.80 bits per heavy atom. The van der Waals surface area contributed by atoms with Crippen LogP contribution in [-0.4, -0.2) is 15.0 Å². The van der Waals surface area contributed by atoms with Crippen LogP contribution >= 0.6 is 0 Å². The van der Waals surface area contributed by atoms with Crippen molar-refractivity contribution < 1.29 is 12.8 Å². The lowest BCUT2D eigenvalue weighted by Gasteiger charge is -2.08. The topological polar surface area (TPSA) is 109 Å². The van der Waals surface area contributed by atoms with Crippen LogP contribution in [0.25, 0.3) is 0 Å². The predicted molar refractivity (Wildman–Crippen MR) is 73.2 cm³/mol. The van der Waals surface area contributed by atoms with E-state index in [4.69, 9.17) is 15.4 Å². The first kappa shape index (κ1) is 14.1. The summed E-state index contributed by atoms with van der Waals surface area (Å²) in [7, 11) is -3.74. The average molecular weight is 291 g/mol. The van der Waals surface area contributed by atoms with Gasteiger partial charge >= 0.3 is 0 Å². The molecule has 0 saturated carbocycles. The Morgan fingerprint density at radius 2 is 2.15 bits per heavy atom. The molecule has 20 heavy (non-hydrogen) atoms. The third-order valence-corrected chi connectivity index (χ3v) is 4.18. The normalized spacial score (nSPS) is 11.2. The standard InChI is InChI=1S/C13H13N3O3S/c14-9-10-8-11(15)3-4-13(10)20(17,18)16-6-5-12-2-1-7-19-12/h1-4,7-8,16H,5-6,15H2. The molecule has 104 valence electrons. The van der Waals surface area contributed by atoms with Crippen LogP contribution in [0, 0.1) is 11.3 Å². The maximum atomic E-state index is 12.1. The van der Waals surface area contributed by atoms with E-state index in [2.05, 4.69) is 4.72 Å². The second kappa shape index (κ2) is 5.77. The van der Waals surface area contributed by atoms with E-state index in [9.17, 15) is 8.42 Å². The number of furan rings is 1. The summed E-state index contributed by atoms with van der Waals surface area (Å²) in [6, 6.07) is 9.43. The van der Waals surface area contributed by atoms with Crippen LogP contribution in [0.3, 0.4) is 0 Å². The fourth-order valence-corrected chi connectivity index (χ4v) is 2.88. The highest BCUT2D eigenvalue weighted by molar-refractivity contribution is 7.89. The van der Waals surface area contributed by atoms with Crippen molar-refractivity contribution in [3.63, 3.8) is 0 Å². The van der Waals surface area contributed by atoms with Gasteiger partial charge in [-0.05, 0) is 30.3 Å². The molecule has 1 aromatic carbocycles. The van der Waals surface area contributed by atoms with Crippen LogP contribution in [0.4, 0.5) is 5.69 Å². The number of nitrogens with two attached hydrogens (primary N) is 1. The number of anilines is 1. The fourth-order valence-electron chi connectivity index (χ4n) is 1.71. The first-order valence-electron chi connectivity index (χ1n) is 5.84. The van der Waals surface area contributed by atoms with Gasteiger partial charge in [0.25, 0.3) is 0 Å². The van der Waals surface area contributed by atoms with Crippen LogP contribution in [0.5, 0.6) is 0 Å². The van der Waals surface area contributed by atoms with Crippen molar-refractivity contribution in [3.05, 3.63) is 47.9 Å². The van der Waals surface area contributed by atoms with Gasteiger partial charge in [-0.25, -0.2) is 13.1 Å². The summed E-state index contributed by atoms with van der Waals surface area (Å²) in [6.45, 7) is 0.186. The van der Waals surface area contributed by atoms with E-state index in [-0.39, 0.29) is 17.0 Å². The Hall–Kier alpha value is -2.30. The summed E-state index contributed by atoms with van der Waals surface area (Å²) in [5.41, 5.74) is 5.90. The molecule has 0 amide bonds. The Bertz CT molecular complexity index is 731. The Morgan fingerprint density at radius 1 is 1.35 bits per heavy atom. The lowest BCUT2D eigenvalue weighted by atomic mass is 10.2. The zero-order valence-electron chi connectivity index (χ0n) is 10.5. The molecule has 0 unspecified atom stereocenters. The molecule has 1 aromatic heterocycles. The highest BCUT2D eigenvalue weighted by Crippen LogP contribution is 2.17. The second-order valence-corrected chi connectivity index (χ2v) is 5.83. The second-order valence-electron chi connectivity index (χ2n) is 4.09. The molecule has 0 saturated heterocycles. The third-order valence-electron chi connectivity index (χ3n) is 2.66. The highest BCUT2D eigenvalue weighted by atomic mass is 32.2.